The van der Waals surface area contributed by atoms with Crippen LogP contribution in [0.15, 0.2) is 39.6 Å². The number of fused-ring (bicyclic) bond motifs is 1. The van der Waals surface area contributed by atoms with E-state index in [1.165, 1.54) is 11.3 Å². The molecule has 0 unspecified atom stereocenters. The molecule has 0 bridgehead atoms. The van der Waals surface area contributed by atoms with Gasteiger partial charge in [0.25, 0.3) is 0 Å². The quantitative estimate of drug-likeness (QED) is 0.503. The summed E-state index contributed by atoms with van der Waals surface area (Å²) in [4.78, 5) is 9.03. The van der Waals surface area contributed by atoms with Crippen LogP contribution in [0.5, 0.6) is 0 Å². The van der Waals surface area contributed by atoms with E-state index < -0.39 is 11.6 Å². The number of nitrogens with zero attached hydrogens (tertiary/aromatic N) is 2. The number of hydrogen-bond acceptors (Lipinski definition) is 4. The van der Waals surface area contributed by atoms with Crippen LogP contribution in [0, 0.1) is 11.6 Å². The van der Waals surface area contributed by atoms with Gasteiger partial charge in [0.2, 0.25) is 5.28 Å². The summed E-state index contributed by atoms with van der Waals surface area (Å²) in [5.41, 5.74) is 0. The molecule has 1 aromatic carbocycles. The third kappa shape index (κ3) is 2.56. The molecule has 0 aliphatic rings. The summed E-state index contributed by atoms with van der Waals surface area (Å²) in [6.07, 6.45) is 0. The Morgan fingerprint density at radius 1 is 1.16 bits per heavy atom. The van der Waals surface area contributed by atoms with E-state index in [2.05, 4.69) is 9.97 Å². The molecular formula is C12H5ClF2N2S2. The van der Waals surface area contributed by atoms with E-state index in [4.69, 9.17) is 11.6 Å². The molecular weight excluding hydrogens is 310 g/mol. The topological polar surface area (TPSA) is 25.8 Å². The van der Waals surface area contributed by atoms with Gasteiger partial charge in [0, 0.05) is 5.39 Å². The van der Waals surface area contributed by atoms with Crippen LogP contribution in [0.3, 0.4) is 0 Å². The van der Waals surface area contributed by atoms with E-state index in [0.29, 0.717) is 5.03 Å². The Balaban J connectivity index is 2.10. The smallest absolute Gasteiger partial charge is 0.210 e. The maximum Gasteiger partial charge on any atom is 0.224 e. The van der Waals surface area contributed by atoms with E-state index in [9.17, 15) is 8.78 Å². The van der Waals surface area contributed by atoms with Gasteiger partial charge in [0.1, 0.15) is 21.5 Å². The zero-order valence-electron chi connectivity index (χ0n) is 9.23. The van der Waals surface area contributed by atoms with Gasteiger partial charge in [-0.1, -0.05) is 11.8 Å². The molecule has 0 spiro atoms. The molecule has 3 rings (SSSR count). The van der Waals surface area contributed by atoms with E-state index >= 15 is 0 Å². The Bertz CT molecular complexity index is 761. The Morgan fingerprint density at radius 3 is 2.84 bits per heavy atom. The van der Waals surface area contributed by atoms with E-state index in [-0.39, 0.29) is 10.2 Å². The lowest BCUT2D eigenvalue weighted by Crippen LogP contribution is -1.88. The highest BCUT2D eigenvalue weighted by atomic mass is 35.5. The van der Waals surface area contributed by atoms with Gasteiger partial charge in [-0.3, -0.25) is 0 Å². The normalized spacial score (nSPS) is 11.1. The number of hydrogen-bond donors (Lipinski definition) is 0. The molecule has 0 atom stereocenters. The fourth-order valence-corrected chi connectivity index (χ4v) is 3.59. The highest BCUT2D eigenvalue weighted by Crippen LogP contribution is 2.35. The molecule has 7 heteroatoms. The van der Waals surface area contributed by atoms with Gasteiger partial charge in [-0.2, -0.15) is 0 Å². The van der Waals surface area contributed by atoms with Crippen LogP contribution < -0.4 is 0 Å². The fraction of sp³-hybridized carbons (Fsp3) is 0. The Morgan fingerprint density at radius 2 is 2.00 bits per heavy atom. The minimum absolute atomic E-state index is 0.0919. The molecule has 0 aliphatic heterocycles. The van der Waals surface area contributed by atoms with Crippen LogP contribution in [0.4, 0.5) is 8.78 Å². The SMILES string of the molecule is Fc1ccc(F)c(Sc2nc(Cl)nc3sccc23)c1. The lowest BCUT2D eigenvalue weighted by molar-refractivity contribution is 0.577. The third-order valence-corrected chi connectivity index (χ3v) is 4.38. The summed E-state index contributed by atoms with van der Waals surface area (Å²) in [5.74, 6) is -0.991. The fourth-order valence-electron chi connectivity index (χ4n) is 1.54. The van der Waals surface area contributed by atoms with Crippen LogP contribution in [-0.4, -0.2) is 9.97 Å². The molecule has 0 fully saturated rings. The zero-order valence-corrected chi connectivity index (χ0v) is 11.6. The molecule has 19 heavy (non-hydrogen) atoms. The standard InChI is InChI=1S/C12H5ClF2N2S2/c13-12-16-10-7(3-4-18-10)11(17-12)19-9-5-6(14)1-2-8(9)15/h1-5H. The van der Waals surface area contributed by atoms with Crippen LogP contribution in [0.1, 0.15) is 0 Å². The summed E-state index contributed by atoms with van der Waals surface area (Å²) in [5, 5.41) is 3.24. The Labute approximate surface area is 120 Å². The second kappa shape index (κ2) is 5.03. The van der Waals surface area contributed by atoms with Crippen LogP contribution in [-0.2, 0) is 0 Å². The molecule has 2 heterocycles. The van der Waals surface area contributed by atoms with Gasteiger partial charge in [0.05, 0.1) is 4.90 Å². The van der Waals surface area contributed by atoms with Crippen molar-refractivity contribution in [2.75, 3.05) is 0 Å². The average molecular weight is 315 g/mol. The van der Waals surface area contributed by atoms with Crippen molar-refractivity contribution in [2.24, 2.45) is 0 Å². The lowest BCUT2D eigenvalue weighted by atomic mass is 10.3. The number of halogens is 3. The number of benzene rings is 1. The molecule has 2 nitrogen and oxygen atoms in total. The Hall–Kier alpha value is -1.24. The second-order valence-electron chi connectivity index (χ2n) is 3.61. The van der Waals surface area contributed by atoms with Gasteiger partial charge >= 0.3 is 0 Å². The predicted octanol–water partition coefficient (Wildman–Crippen LogP) is 4.77. The molecule has 0 saturated carbocycles. The minimum Gasteiger partial charge on any atom is -0.210 e. The van der Waals surface area contributed by atoms with Crippen molar-refractivity contribution in [3.05, 3.63) is 46.6 Å². The van der Waals surface area contributed by atoms with Crippen molar-refractivity contribution < 1.29 is 8.78 Å². The average Bonchev–Trinajstić information content (AvgIpc) is 2.82. The third-order valence-electron chi connectivity index (χ3n) is 2.36. The van der Waals surface area contributed by atoms with E-state index in [1.807, 2.05) is 11.4 Å². The molecule has 2 aromatic heterocycles. The van der Waals surface area contributed by atoms with Crippen molar-refractivity contribution in [3.8, 4) is 0 Å². The van der Waals surface area contributed by atoms with Gasteiger partial charge in [-0.25, -0.2) is 18.7 Å². The molecule has 0 saturated heterocycles. The largest absolute Gasteiger partial charge is 0.224 e. The van der Waals surface area contributed by atoms with Crippen molar-refractivity contribution in [2.45, 2.75) is 9.92 Å². The predicted molar refractivity (Wildman–Crippen MR) is 72.9 cm³/mol. The molecule has 0 amide bonds. The number of thiophene rings is 1. The molecule has 3 aromatic rings. The molecule has 0 radical (unpaired) electrons. The maximum atomic E-state index is 13.6. The summed E-state index contributed by atoms with van der Waals surface area (Å²) in [7, 11) is 0. The first-order valence-corrected chi connectivity index (χ1v) is 7.24. The monoisotopic (exact) mass is 314 g/mol. The molecule has 0 aliphatic carbocycles. The first-order valence-electron chi connectivity index (χ1n) is 5.17. The zero-order chi connectivity index (χ0) is 13.4. The first kappa shape index (κ1) is 12.8. The Kier molecular flexibility index (Phi) is 3.38. The van der Waals surface area contributed by atoms with Gasteiger partial charge < -0.3 is 0 Å². The van der Waals surface area contributed by atoms with Crippen molar-refractivity contribution in [3.63, 3.8) is 0 Å². The molecule has 0 N–H and O–H groups in total. The van der Waals surface area contributed by atoms with Crippen LogP contribution in [0.25, 0.3) is 10.2 Å². The van der Waals surface area contributed by atoms with Crippen LogP contribution in [0.2, 0.25) is 5.28 Å². The maximum absolute atomic E-state index is 13.6. The first-order chi connectivity index (χ1) is 9.13. The van der Waals surface area contributed by atoms with E-state index in [0.717, 1.165) is 40.2 Å². The highest BCUT2D eigenvalue weighted by molar-refractivity contribution is 7.99. The number of rotatable bonds is 2. The molecule has 96 valence electrons. The summed E-state index contributed by atoms with van der Waals surface area (Å²) in [6, 6.07) is 5.13. The van der Waals surface area contributed by atoms with Crippen molar-refractivity contribution in [1.29, 1.82) is 0 Å². The van der Waals surface area contributed by atoms with Gasteiger partial charge in [-0.15, -0.1) is 11.3 Å². The minimum atomic E-state index is -0.496. The second-order valence-corrected chi connectivity index (χ2v) is 5.88. The van der Waals surface area contributed by atoms with Gasteiger partial charge in [-0.05, 0) is 41.2 Å². The summed E-state index contributed by atoms with van der Waals surface area (Å²) < 4.78 is 26.8. The lowest BCUT2D eigenvalue weighted by Gasteiger charge is -2.04. The van der Waals surface area contributed by atoms with Gasteiger partial charge in [0.15, 0.2) is 0 Å². The summed E-state index contributed by atoms with van der Waals surface area (Å²) in [6.45, 7) is 0. The number of aromatic nitrogens is 2. The summed E-state index contributed by atoms with van der Waals surface area (Å²) >= 11 is 8.27. The van der Waals surface area contributed by atoms with E-state index in [1.54, 1.807) is 0 Å². The highest BCUT2D eigenvalue weighted by Gasteiger charge is 2.12. The van der Waals surface area contributed by atoms with Crippen molar-refractivity contribution in [1.82, 2.24) is 9.97 Å². The van der Waals surface area contributed by atoms with Crippen molar-refractivity contribution >= 4 is 44.9 Å². The van der Waals surface area contributed by atoms with Crippen LogP contribution >= 0.6 is 34.7 Å².